The van der Waals surface area contributed by atoms with E-state index in [0.717, 1.165) is 29.7 Å². The monoisotopic (exact) mass is 426 g/mol. The number of nitrogens with one attached hydrogen (secondary N) is 1. The van der Waals surface area contributed by atoms with Gasteiger partial charge >= 0.3 is 6.61 Å². The molecule has 0 amide bonds. The second kappa shape index (κ2) is 7.46. The summed E-state index contributed by atoms with van der Waals surface area (Å²) in [4.78, 5) is 13.2. The number of anilines is 3. The molecule has 7 nitrogen and oxygen atoms in total. The van der Waals surface area contributed by atoms with Crippen molar-refractivity contribution in [2.45, 2.75) is 25.4 Å². The SMILES string of the molecule is Nc1nc(-n2c(C3CC3)nc3ccccc32)nc(Nc2ccc(OC(F)F)cc2)c1F. The molecule has 2 aromatic carbocycles. The van der Waals surface area contributed by atoms with Crippen molar-refractivity contribution in [2.24, 2.45) is 0 Å². The number of halogens is 3. The van der Waals surface area contributed by atoms with Crippen molar-refractivity contribution in [3.05, 3.63) is 60.2 Å². The third kappa shape index (κ3) is 3.72. The van der Waals surface area contributed by atoms with Crippen molar-refractivity contribution in [2.75, 3.05) is 11.1 Å². The average molecular weight is 426 g/mol. The Hall–Kier alpha value is -3.82. The first-order chi connectivity index (χ1) is 15.0. The van der Waals surface area contributed by atoms with Gasteiger partial charge in [-0.25, -0.2) is 4.98 Å². The largest absolute Gasteiger partial charge is 0.435 e. The van der Waals surface area contributed by atoms with Crippen molar-refractivity contribution in [3.63, 3.8) is 0 Å². The van der Waals surface area contributed by atoms with Gasteiger partial charge in [-0.15, -0.1) is 0 Å². The zero-order valence-electron chi connectivity index (χ0n) is 16.1. The molecular formula is C21H17F3N6O. The molecule has 1 saturated carbocycles. The topological polar surface area (TPSA) is 90.9 Å². The first-order valence-electron chi connectivity index (χ1n) is 9.62. The van der Waals surface area contributed by atoms with Gasteiger partial charge in [-0.3, -0.25) is 4.57 Å². The molecule has 1 aliphatic rings. The van der Waals surface area contributed by atoms with Gasteiger partial charge in [0.25, 0.3) is 0 Å². The molecule has 10 heteroatoms. The highest BCUT2D eigenvalue weighted by molar-refractivity contribution is 5.78. The lowest BCUT2D eigenvalue weighted by Gasteiger charge is -2.13. The number of alkyl halides is 2. The number of para-hydroxylation sites is 2. The van der Waals surface area contributed by atoms with E-state index in [4.69, 9.17) is 10.7 Å². The minimum atomic E-state index is -2.92. The fourth-order valence-electron chi connectivity index (χ4n) is 3.36. The summed E-state index contributed by atoms with van der Waals surface area (Å²) in [5.41, 5.74) is 7.85. The third-order valence-corrected chi connectivity index (χ3v) is 4.94. The van der Waals surface area contributed by atoms with Gasteiger partial charge in [0.1, 0.15) is 11.6 Å². The molecule has 4 aromatic rings. The van der Waals surface area contributed by atoms with E-state index in [-0.39, 0.29) is 23.3 Å². The van der Waals surface area contributed by atoms with Gasteiger partial charge in [0.2, 0.25) is 11.8 Å². The minimum absolute atomic E-state index is 0.0112. The summed E-state index contributed by atoms with van der Waals surface area (Å²) < 4.78 is 45.5. The van der Waals surface area contributed by atoms with Crippen molar-refractivity contribution in [1.29, 1.82) is 0 Å². The Morgan fingerprint density at radius 1 is 1.03 bits per heavy atom. The van der Waals surface area contributed by atoms with Crippen LogP contribution in [0.4, 0.5) is 30.5 Å². The fourth-order valence-corrected chi connectivity index (χ4v) is 3.36. The Morgan fingerprint density at radius 2 is 1.77 bits per heavy atom. The summed E-state index contributed by atoms with van der Waals surface area (Å²) in [6.07, 6.45) is 2.02. The van der Waals surface area contributed by atoms with Crippen molar-refractivity contribution >= 4 is 28.4 Å². The molecule has 1 aliphatic carbocycles. The maximum atomic E-state index is 14.7. The molecule has 0 unspecified atom stereocenters. The summed E-state index contributed by atoms with van der Waals surface area (Å²) in [5, 5.41) is 2.83. The molecule has 0 spiro atoms. The number of benzene rings is 2. The summed E-state index contributed by atoms with van der Waals surface area (Å²) in [5.74, 6) is 0.0357. The number of nitrogen functional groups attached to an aromatic ring is 1. The van der Waals surface area contributed by atoms with E-state index >= 15 is 0 Å². The van der Waals surface area contributed by atoms with E-state index in [2.05, 4.69) is 20.0 Å². The lowest BCUT2D eigenvalue weighted by Crippen LogP contribution is -2.11. The van der Waals surface area contributed by atoms with Gasteiger partial charge in [0.05, 0.1) is 11.0 Å². The third-order valence-electron chi connectivity index (χ3n) is 4.94. The Morgan fingerprint density at radius 3 is 2.48 bits per heavy atom. The maximum absolute atomic E-state index is 14.7. The van der Waals surface area contributed by atoms with Crippen molar-refractivity contribution in [1.82, 2.24) is 19.5 Å². The molecule has 0 saturated heterocycles. The van der Waals surface area contributed by atoms with Crippen LogP contribution in [0.25, 0.3) is 17.0 Å². The highest BCUT2D eigenvalue weighted by atomic mass is 19.3. The molecular weight excluding hydrogens is 409 g/mol. The average Bonchev–Trinajstić information content (AvgIpc) is 3.52. The first-order valence-corrected chi connectivity index (χ1v) is 9.62. The number of nitrogens with zero attached hydrogens (tertiary/aromatic N) is 4. The number of aromatic nitrogens is 4. The summed E-state index contributed by atoms with van der Waals surface area (Å²) in [6, 6.07) is 13.2. The normalized spacial score (nSPS) is 13.7. The second-order valence-electron chi connectivity index (χ2n) is 7.17. The Balaban J connectivity index is 1.54. The zero-order chi connectivity index (χ0) is 21.5. The summed E-state index contributed by atoms with van der Waals surface area (Å²) in [6.45, 7) is -2.92. The standard InChI is InChI=1S/C21H17F3N6O/c22-16-17(25)28-21(29-18(16)26-12-7-9-13(10-8-12)31-20(23)24)30-15-4-2-1-3-14(15)27-19(30)11-5-6-11/h1-4,7-11,20H,5-6H2,(H3,25,26,28,29). The van der Waals surface area contributed by atoms with Crippen LogP contribution in [0.15, 0.2) is 48.5 Å². The molecule has 2 aromatic heterocycles. The highest BCUT2D eigenvalue weighted by Crippen LogP contribution is 2.41. The van der Waals surface area contributed by atoms with Crippen LogP contribution in [-0.2, 0) is 0 Å². The second-order valence-corrected chi connectivity index (χ2v) is 7.17. The number of hydrogen-bond donors (Lipinski definition) is 2. The van der Waals surface area contributed by atoms with Crippen LogP contribution >= 0.6 is 0 Å². The van der Waals surface area contributed by atoms with E-state index in [1.54, 1.807) is 4.57 Å². The van der Waals surface area contributed by atoms with Crippen molar-refractivity contribution in [3.8, 4) is 11.7 Å². The molecule has 0 radical (unpaired) electrons. The van der Waals surface area contributed by atoms with Crippen LogP contribution in [0.5, 0.6) is 5.75 Å². The number of rotatable bonds is 6. The number of ether oxygens (including phenoxy) is 1. The van der Waals surface area contributed by atoms with E-state index < -0.39 is 12.4 Å². The maximum Gasteiger partial charge on any atom is 0.387 e. The van der Waals surface area contributed by atoms with Gasteiger partial charge in [0.15, 0.2) is 11.6 Å². The zero-order valence-corrected chi connectivity index (χ0v) is 16.1. The Bertz CT molecular complexity index is 1250. The predicted molar refractivity (Wildman–Crippen MR) is 109 cm³/mol. The summed E-state index contributed by atoms with van der Waals surface area (Å²) >= 11 is 0. The Labute approximate surface area is 174 Å². The van der Waals surface area contributed by atoms with Crippen LogP contribution in [0.3, 0.4) is 0 Å². The molecule has 158 valence electrons. The number of hydrogen-bond acceptors (Lipinski definition) is 6. The Kier molecular flexibility index (Phi) is 4.61. The van der Waals surface area contributed by atoms with Gasteiger partial charge < -0.3 is 15.8 Å². The molecule has 2 heterocycles. The molecule has 0 atom stereocenters. The van der Waals surface area contributed by atoms with Crippen LogP contribution in [0.2, 0.25) is 0 Å². The lowest BCUT2D eigenvalue weighted by atomic mass is 10.3. The van der Waals surface area contributed by atoms with Gasteiger partial charge in [-0.2, -0.15) is 23.1 Å². The van der Waals surface area contributed by atoms with Gasteiger partial charge in [-0.1, -0.05) is 12.1 Å². The smallest absolute Gasteiger partial charge is 0.387 e. The summed E-state index contributed by atoms with van der Waals surface area (Å²) in [7, 11) is 0. The van der Waals surface area contributed by atoms with Crippen LogP contribution < -0.4 is 15.8 Å². The van der Waals surface area contributed by atoms with E-state index in [1.165, 1.54) is 24.3 Å². The molecule has 5 rings (SSSR count). The molecule has 3 N–H and O–H groups in total. The molecule has 31 heavy (non-hydrogen) atoms. The van der Waals surface area contributed by atoms with Crippen molar-refractivity contribution < 1.29 is 17.9 Å². The van der Waals surface area contributed by atoms with Crippen LogP contribution in [-0.4, -0.2) is 26.1 Å². The molecule has 1 fully saturated rings. The first kappa shape index (κ1) is 19.2. The number of imidazole rings is 1. The predicted octanol–water partition coefficient (Wildman–Crippen LogP) is 4.76. The lowest BCUT2D eigenvalue weighted by molar-refractivity contribution is -0.0498. The number of fused-ring (bicyclic) bond motifs is 1. The van der Waals surface area contributed by atoms with Crippen LogP contribution in [0.1, 0.15) is 24.6 Å². The molecule has 0 aliphatic heterocycles. The van der Waals surface area contributed by atoms with Crippen LogP contribution in [0, 0.1) is 5.82 Å². The minimum Gasteiger partial charge on any atom is -0.435 e. The quantitative estimate of drug-likeness (QED) is 0.462. The fraction of sp³-hybridized carbons (Fsp3) is 0.190. The van der Waals surface area contributed by atoms with E-state index in [9.17, 15) is 13.2 Å². The number of nitrogens with two attached hydrogens (primary N) is 1. The van der Waals surface area contributed by atoms with E-state index in [0.29, 0.717) is 11.6 Å². The van der Waals surface area contributed by atoms with Gasteiger partial charge in [-0.05, 0) is 49.2 Å². The highest BCUT2D eigenvalue weighted by Gasteiger charge is 2.31. The van der Waals surface area contributed by atoms with Gasteiger partial charge in [0, 0.05) is 11.6 Å². The van der Waals surface area contributed by atoms with E-state index in [1.807, 2.05) is 24.3 Å². The molecule has 0 bridgehead atoms.